The number of nitrogens with zero attached hydrogens (tertiary/aromatic N) is 3. The lowest BCUT2D eigenvalue weighted by atomic mass is 10.1. The van der Waals surface area contributed by atoms with Crippen molar-refractivity contribution in [3.63, 3.8) is 0 Å². The van der Waals surface area contributed by atoms with Gasteiger partial charge >= 0.3 is 0 Å². The Morgan fingerprint density at radius 3 is 2.69 bits per heavy atom. The maximum Gasteiger partial charge on any atom is 0.257 e. The molecule has 5 nitrogen and oxygen atoms in total. The number of carbonyl (C=O) groups excluding carboxylic acids is 1. The smallest absolute Gasteiger partial charge is 0.257 e. The molecule has 1 aliphatic carbocycles. The molecule has 0 saturated heterocycles. The third kappa shape index (κ3) is 3.53. The van der Waals surface area contributed by atoms with Crippen molar-refractivity contribution < 1.29 is 9.21 Å². The molecule has 0 N–H and O–H groups in total. The zero-order valence-corrected chi connectivity index (χ0v) is 15.1. The molecule has 1 aromatic carbocycles. The van der Waals surface area contributed by atoms with Crippen molar-refractivity contribution in [1.82, 2.24) is 14.7 Å². The van der Waals surface area contributed by atoms with Gasteiger partial charge in [-0.05, 0) is 49.2 Å². The summed E-state index contributed by atoms with van der Waals surface area (Å²) in [6.07, 6.45) is 9.45. The average Bonchev–Trinajstić information content (AvgIpc) is 3.42. The average molecular weight is 370 g/mol. The molecule has 0 aliphatic heterocycles. The van der Waals surface area contributed by atoms with E-state index in [0.717, 1.165) is 37.1 Å². The van der Waals surface area contributed by atoms with E-state index in [0.29, 0.717) is 17.1 Å². The summed E-state index contributed by atoms with van der Waals surface area (Å²) in [6.45, 7) is 0.489. The minimum atomic E-state index is -0.00601. The van der Waals surface area contributed by atoms with E-state index in [9.17, 15) is 4.79 Å². The van der Waals surface area contributed by atoms with Crippen molar-refractivity contribution in [1.29, 1.82) is 0 Å². The van der Waals surface area contributed by atoms with Gasteiger partial charge in [-0.3, -0.25) is 4.79 Å². The SMILES string of the molecule is O=C(c1cnn(-c2ccc(Cl)cc2)c1)N(Cc1ccco1)C1CCCC1. The van der Waals surface area contributed by atoms with Crippen LogP contribution >= 0.6 is 11.6 Å². The first kappa shape index (κ1) is 16.9. The van der Waals surface area contributed by atoms with Crippen molar-refractivity contribution in [3.8, 4) is 5.69 Å². The highest BCUT2D eigenvalue weighted by Crippen LogP contribution is 2.27. The lowest BCUT2D eigenvalue weighted by molar-refractivity contribution is 0.0649. The van der Waals surface area contributed by atoms with E-state index in [1.165, 1.54) is 0 Å². The fourth-order valence-corrected chi connectivity index (χ4v) is 3.61. The number of carbonyl (C=O) groups is 1. The summed E-state index contributed by atoms with van der Waals surface area (Å²) < 4.78 is 7.17. The van der Waals surface area contributed by atoms with Crippen LogP contribution in [0.25, 0.3) is 5.69 Å². The Morgan fingerprint density at radius 1 is 1.23 bits per heavy atom. The highest BCUT2D eigenvalue weighted by Gasteiger charge is 2.29. The van der Waals surface area contributed by atoms with Crippen LogP contribution in [0.3, 0.4) is 0 Å². The van der Waals surface area contributed by atoms with Crippen LogP contribution in [0.4, 0.5) is 0 Å². The lowest BCUT2D eigenvalue weighted by Crippen LogP contribution is -2.38. The van der Waals surface area contributed by atoms with Crippen LogP contribution in [0.15, 0.2) is 59.5 Å². The summed E-state index contributed by atoms with van der Waals surface area (Å²) >= 11 is 5.94. The molecule has 1 saturated carbocycles. The number of rotatable bonds is 5. The fourth-order valence-electron chi connectivity index (χ4n) is 3.49. The number of benzene rings is 1. The molecule has 1 amide bonds. The van der Waals surface area contributed by atoms with Crippen molar-refractivity contribution >= 4 is 17.5 Å². The van der Waals surface area contributed by atoms with Gasteiger partial charge in [0.1, 0.15) is 5.76 Å². The Labute approximate surface area is 157 Å². The van der Waals surface area contributed by atoms with Gasteiger partial charge in [0, 0.05) is 17.3 Å². The zero-order valence-electron chi connectivity index (χ0n) is 14.3. The molecular formula is C20H20ClN3O2. The quantitative estimate of drug-likeness (QED) is 0.654. The number of aromatic nitrogens is 2. The maximum absolute atomic E-state index is 13.2. The lowest BCUT2D eigenvalue weighted by Gasteiger charge is -2.27. The number of furan rings is 1. The Balaban J connectivity index is 1.58. The molecule has 0 unspecified atom stereocenters. The van der Waals surface area contributed by atoms with Crippen molar-refractivity contribution in [2.75, 3.05) is 0 Å². The van der Waals surface area contributed by atoms with E-state index in [1.807, 2.05) is 41.3 Å². The molecule has 1 aliphatic rings. The molecule has 4 rings (SSSR count). The monoisotopic (exact) mass is 369 g/mol. The third-order valence-corrected chi connectivity index (χ3v) is 5.11. The zero-order chi connectivity index (χ0) is 17.9. The maximum atomic E-state index is 13.2. The van der Waals surface area contributed by atoms with Crippen LogP contribution in [0.1, 0.15) is 41.8 Å². The molecule has 1 fully saturated rings. The summed E-state index contributed by atoms with van der Waals surface area (Å²) in [5.74, 6) is 0.795. The molecule has 2 heterocycles. The van der Waals surface area contributed by atoms with Gasteiger partial charge < -0.3 is 9.32 Å². The Bertz CT molecular complexity index is 865. The van der Waals surface area contributed by atoms with Gasteiger partial charge in [-0.1, -0.05) is 24.4 Å². The van der Waals surface area contributed by atoms with Crippen LogP contribution in [0, 0.1) is 0 Å². The van der Waals surface area contributed by atoms with E-state index in [2.05, 4.69) is 5.10 Å². The van der Waals surface area contributed by atoms with Gasteiger partial charge in [0.2, 0.25) is 0 Å². The summed E-state index contributed by atoms with van der Waals surface area (Å²) in [7, 11) is 0. The molecule has 0 spiro atoms. The van der Waals surface area contributed by atoms with Gasteiger partial charge in [0.05, 0.1) is 30.3 Å². The third-order valence-electron chi connectivity index (χ3n) is 4.85. The first-order chi connectivity index (χ1) is 12.7. The predicted octanol–water partition coefficient (Wildman–Crippen LogP) is 4.70. The Hall–Kier alpha value is -2.53. The van der Waals surface area contributed by atoms with Crippen molar-refractivity contribution in [3.05, 3.63) is 71.4 Å². The van der Waals surface area contributed by atoms with Crippen molar-refractivity contribution in [2.24, 2.45) is 0 Å². The van der Waals surface area contributed by atoms with Crippen LogP contribution in [-0.4, -0.2) is 26.6 Å². The number of hydrogen-bond acceptors (Lipinski definition) is 3. The number of amides is 1. The molecule has 134 valence electrons. The van der Waals surface area contributed by atoms with E-state index >= 15 is 0 Å². The van der Waals surface area contributed by atoms with Crippen LogP contribution < -0.4 is 0 Å². The van der Waals surface area contributed by atoms with E-state index < -0.39 is 0 Å². The number of hydrogen-bond donors (Lipinski definition) is 0. The summed E-state index contributed by atoms with van der Waals surface area (Å²) in [4.78, 5) is 15.1. The second kappa shape index (κ2) is 7.38. The molecule has 3 aromatic rings. The second-order valence-corrected chi connectivity index (χ2v) is 7.04. The predicted molar refractivity (Wildman–Crippen MR) is 99.4 cm³/mol. The minimum Gasteiger partial charge on any atom is -0.467 e. The van der Waals surface area contributed by atoms with Gasteiger partial charge in [0.25, 0.3) is 5.91 Å². The minimum absolute atomic E-state index is 0.00601. The summed E-state index contributed by atoms with van der Waals surface area (Å²) in [6, 6.07) is 11.4. The number of halogens is 1. The van der Waals surface area contributed by atoms with Crippen LogP contribution in [0.2, 0.25) is 5.02 Å². The summed E-state index contributed by atoms with van der Waals surface area (Å²) in [5.41, 5.74) is 1.45. The highest BCUT2D eigenvalue weighted by molar-refractivity contribution is 6.30. The van der Waals surface area contributed by atoms with Gasteiger partial charge in [-0.2, -0.15) is 5.10 Å². The Morgan fingerprint density at radius 2 is 2.00 bits per heavy atom. The molecule has 0 atom stereocenters. The molecule has 0 radical (unpaired) electrons. The van der Waals surface area contributed by atoms with Gasteiger partial charge in [-0.25, -0.2) is 4.68 Å². The molecule has 26 heavy (non-hydrogen) atoms. The van der Waals surface area contributed by atoms with E-state index in [4.69, 9.17) is 16.0 Å². The van der Waals surface area contributed by atoms with Crippen molar-refractivity contribution in [2.45, 2.75) is 38.3 Å². The summed E-state index contributed by atoms with van der Waals surface area (Å²) in [5, 5.41) is 5.02. The van der Waals surface area contributed by atoms with Gasteiger partial charge in [0.15, 0.2) is 0 Å². The second-order valence-electron chi connectivity index (χ2n) is 6.60. The highest BCUT2D eigenvalue weighted by atomic mass is 35.5. The van der Waals surface area contributed by atoms with Gasteiger partial charge in [-0.15, -0.1) is 0 Å². The molecule has 2 aromatic heterocycles. The normalized spacial score (nSPS) is 14.7. The van der Waals surface area contributed by atoms with Crippen LogP contribution in [0.5, 0.6) is 0 Å². The molecule has 6 heteroatoms. The first-order valence-electron chi connectivity index (χ1n) is 8.85. The molecule has 0 bridgehead atoms. The standard InChI is InChI=1S/C20H20ClN3O2/c21-16-7-9-18(10-8-16)24-13-15(12-22-24)20(25)23(17-4-1-2-5-17)14-19-6-3-11-26-19/h3,6-13,17H,1-2,4-5,14H2. The molecular weight excluding hydrogens is 350 g/mol. The Kier molecular flexibility index (Phi) is 4.80. The first-order valence-corrected chi connectivity index (χ1v) is 9.22. The van der Waals surface area contributed by atoms with E-state index in [-0.39, 0.29) is 11.9 Å². The van der Waals surface area contributed by atoms with Crippen LogP contribution in [-0.2, 0) is 6.54 Å². The van der Waals surface area contributed by atoms with E-state index in [1.54, 1.807) is 23.3 Å². The fraction of sp³-hybridized carbons (Fsp3) is 0.300. The topological polar surface area (TPSA) is 51.3 Å². The largest absolute Gasteiger partial charge is 0.467 e.